The van der Waals surface area contributed by atoms with Gasteiger partial charge in [-0.25, -0.2) is 9.97 Å². The fourth-order valence-corrected chi connectivity index (χ4v) is 4.43. The molecule has 5 rings (SSSR count). The number of fused-ring (bicyclic) bond motifs is 2. The van der Waals surface area contributed by atoms with Gasteiger partial charge in [-0.1, -0.05) is 30.3 Å². The molecular weight excluding hydrogens is 426 g/mol. The van der Waals surface area contributed by atoms with Crippen LogP contribution in [0.5, 0.6) is 5.75 Å². The molecule has 0 fully saturated rings. The van der Waals surface area contributed by atoms with E-state index in [-0.39, 0.29) is 5.69 Å². The average molecular weight is 443 g/mol. The van der Waals surface area contributed by atoms with Crippen LogP contribution in [0.2, 0.25) is 0 Å². The normalized spacial score (nSPS) is 11.2. The standard InChI is InChI=1S/C23H17N5O3S/c1-2-31-16-9-11-19-18(13-16)21(17-10-8-15(28(29)30)12-20(17)24-19)32-23-25-22(26-27-23)14-6-4-3-5-7-14/h3-13H,2H2,1H3,(H,25,26,27). The Morgan fingerprint density at radius 2 is 1.84 bits per heavy atom. The van der Waals surface area contributed by atoms with Gasteiger partial charge < -0.3 is 4.74 Å². The molecule has 2 aromatic heterocycles. The van der Waals surface area contributed by atoms with Crippen molar-refractivity contribution in [3.8, 4) is 17.1 Å². The van der Waals surface area contributed by atoms with Crippen LogP contribution >= 0.6 is 11.8 Å². The third kappa shape index (κ3) is 3.74. The summed E-state index contributed by atoms with van der Waals surface area (Å²) in [6.45, 7) is 2.47. The highest BCUT2D eigenvalue weighted by Gasteiger charge is 2.17. The number of pyridine rings is 1. The number of nitrogens with zero attached hydrogens (tertiary/aromatic N) is 4. The summed E-state index contributed by atoms with van der Waals surface area (Å²) in [5.74, 6) is 1.39. The van der Waals surface area contributed by atoms with Gasteiger partial charge in [-0.05, 0) is 43.0 Å². The molecule has 0 aliphatic heterocycles. The van der Waals surface area contributed by atoms with Crippen molar-refractivity contribution in [3.05, 3.63) is 76.8 Å². The Morgan fingerprint density at radius 1 is 1.00 bits per heavy atom. The van der Waals surface area contributed by atoms with Gasteiger partial charge in [0.25, 0.3) is 5.69 Å². The predicted octanol–water partition coefficient (Wildman–Crippen LogP) is 5.63. The molecule has 0 unspecified atom stereocenters. The molecule has 0 bridgehead atoms. The number of hydrogen-bond acceptors (Lipinski definition) is 7. The van der Waals surface area contributed by atoms with E-state index in [4.69, 9.17) is 4.74 Å². The van der Waals surface area contributed by atoms with E-state index in [0.717, 1.165) is 27.0 Å². The maximum Gasteiger partial charge on any atom is 0.271 e. The summed E-state index contributed by atoms with van der Waals surface area (Å²) in [6.07, 6.45) is 0. The van der Waals surface area contributed by atoms with Gasteiger partial charge in [0.1, 0.15) is 5.75 Å². The number of non-ortho nitro benzene ring substituents is 1. The molecule has 0 radical (unpaired) electrons. The molecule has 0 saturated carbocycles. The van der Waals surface area contributed by atoms with Crippen LogP contribution in [0.25, 0.3) is 33.2 Å². The van der Waals surface area contributed by atoms with Gasteiger partial charge in [0.15, 0.2) is 5.82 Å². The van der Waals surface area contributed by atoms with Crippen LogP contribution in [-0.2, 0) is 0 Å². The number of H-pyrrole nitrogens is 1. The van der Waals surface area contributed by atoms with E-state index < -0.39 is 4.92 Å². The van der Waals surface area contributed by atoms with Crippen LogP contribution < -0.4 is 4.74 Å². The summed E-state index contributed by atoms with van der Waals surface area (Å²) in [5.41, 5.74) is 2.18. The minimum absolute atomic E-state index is 0.00417. The molecule has 5 aromatic rings. The van der Waals surface area contributed by atoms with Crippen LogP contribution in [0, 0.1) is 10.1 Å². The molecule has 0 spiro atoms. The zero-order chi connectivity index (χ0) is 22.1. The summed E-state index contributed by atoms with van der Waals surface area (Å²) in [4.78, 5) is 21.0. The summed E-state index contributed by atoms with van der Waals surface area (Å²) in [7, 11) is 0. The third-order valence-corrected chi connectivity index (χ3v) is 5.92. The molecule has 9 heteroatoms. The molecule has 158 valence electrons. The van der Waals surface area contributed by atoms with Crippen molar-refractivity contribution in [1.29, 1.82) is 0 Å². The fraction of sp³-hybridized carbons (Fsp3) is 0.0870. The topological polar surface area (TPSA) is 107 Å². The van der Waals surface area contributed by atoms with Crippen molar-refractivity contribution >= 4 is 39.3 Å². The van der Waals surface area contributed by atoms with Gasteiger partial charge in [-0.3, -0.25) is 15.2 Å². The Hall–Kier alpha value is -3.98. The number of rotatable bonds is 6. The Balaban J connectivity index is 1.66. The van der Waals surface area contributed by atoms with Crippen LogP contribution in [0.15, 0.2) is 76.8 Å². The smallest absolute Gasteiger partial charge is 0.271 e. The van der Waals surface area contributed by atoms with Crippen molar-refractivity contribution in [2.75, 3.05) is 6.61 Å². The molecule has 0 aliphatic carbocycles. The molecule has 32 heavy (non-hydrogen) atoms. The van der Waals surface area contributed by atoms with Gasteiger partial charge in [-0.2, -0.15) is 0 Å². The highest BCUT2D eigenvalue weighted by atomic mass is 32.2. The molecule has 0 atom stereocenters. The first kappa shape index (κ1) is 20.0. The summed E-state index contributed by atoms with van der Waals surface area (Å²) < 4.78 is 5.68. The maximum absolute atomic E-state index is 11.3. The fourth-order valence-electron chi connectivity index (χ4n) is 3.46. The van der Waals surface area contributed by atoms with Crippen molar-refractivity contribution in [2.45, 2.75) is 17.0 Å². The van der Waals surface area contributed by atoms with Crippen molar-refractivity contribution in [2.24, 2.45) is 0 Å². The molecule has 8 nitrogen and oxygen atoms in total. The van der Waals surface area contributed by atoms with E-state index in [9.17, 15) is 10.1 Å². The second-order valence-electron chi connectivity index (χ2n) is 6.95. The van der Waals surface area contributed by atoms with Crippen LogP contribution in [0.3, 0.4) is 0 Å². The van der Waals surface area contributed by atoms with Crippen molar-refractivity contribution < 1.29 is 9.66 Å². The summed E-state index contributed by atoms with van der Waals surface area (Å²) in [6, 6.07) is 20.1. The van der Waals surface area contributed by atoms with E-state index >= 15 is 0 Å². The first-order chi connectivity index (χ1) is 15.6. The van der Waals surface area contributed by atoms with E-state index in [1.165, 1.54) is 23.9 Å². The lowest BCUT2D eigenvalue weighted by molar-refractivity contribution is -0.384. The van der Waals surface area contributed by atoms with Crippen molar-refractivity contribution in [3.63, 3.8) is 0 Å². The molecule has 2 heterocycles. The number of benzene rings is 3. The summed E-state index contributed by atoms with van der Waals surface area (Å²) in [5, 5.41) is 20.8. The molecular formula is C23H17N5O3S. The van der Waals surface area contributed by atoms with Gasteiger partial charge in [0.05, 0.1) is 22.6 Å². The highest BCUT2D eigenvalue weighted by Crippen LogP contribution is 2.39. The highest BCUT2D eigenvalue weighted by molar-refractivity contribution is 7.99. The Labute approximate surface area is 186 Å². The first-order valence-corrected chi connectivity index (χ1v) is 10.7. The van der Waals surface area contributed by atoms with E-state index in [1.54, 1.807) is 6.07 Å². The van der Waals surface area contributed by atoms with Crippen molar-refractivity contribution in [1.82, 2.24) is 20.2 Å². The summed E-state index contributed by atoms with van der Waals surface area (Å²) >= 11 is 1.38. The van der Waals surface area contributed by atoms with Crippen LogP contribution in [-0.4, -0.2) is 31.7 Å². The SMILES string of the molecule is CCOc1ccc2nc3cc([N+](=O)[O-])ccc3c(Sc3n[nH]c(-c4ccccc4)n3)c2c1. The van der Waals surface area contributed by atoms with Gasteiger partial charge in [0.2, 0.25) is 5.16 Å². The number of ether oxygens (including phenoxy) is 1. The quantitative estimate of drug-likeness (QED) is 0.206. The third-order valence-electron chi connectivity index (χ3n) is 4.91. The molecule has 3 aromatic carbocycles. The molecule has 0 aliphatic rings. The second-order valence-corrected chi connectivity index (χ2v) is 7.92. The number of hydrogen-bond donors (Lipinski definition) is 1. The number of nitro benzene ring substituents is 1. The minimum Gasteiger partial charge on any atom is -0.494 e. The lowest BCUT2D eigenvalue weighted by atomic mass is 10.1. The molecule has 0 saturated heterocycles. The lowest BCUT2D eigenvalue weighted by Gasteiger charge is -2.11. The maximum atomic E-state index is 11.3. The van der Waals surface area contributed by atoms with Crippen LogP contribution in [0.1, 0.15) is 6.92 Å². The minimum atomic E-state index is -0.419. The zero-order valence-electron chi connectivity index (χ0n) is 17.0. The largest absolute Gasteiger partial charge is 0.494 e. The van der Waals surface area contributed by atoms with E-state index in [1.807, 2.05) is 55.5 Å². The Bertz CT molecular complexity index is 1450. The lowest BCUT2D eigenvalue weighted by Crippen LogP contribution is -1.94. The zero-order valence-corrected chi connectivity index (χ0v) is 17.8. The molecule has 1 N–H and O–H groups in total. The molecule has 0 amide bonds. The van der Waals surface area contributed by atoms with Crippen LogP contribution in [0.4, 0.5) is 5.69 Å². The number of nitro groups is 1. The van der Waals surface area contributed by atoms with Gasteiger partial charge in [0, 0.05) is 33.4 Å². The predicted molar refractivity (Wildman–Crippen MR) is 123 cm³/mol. The number of aromatic nitrogens is 4. The van der Waals surface area contributed by atoms with E-state index in [2.05, 4.69) is 20.2 Å². The van der Waals surface area contributed by atoms with Gasteiger partial charge in [-0.15, -0.1) is 5.10 Å². The average Bonchev–Trinajstić information content (AvgIpc) is 3.28. The second kappa shape index (κ2) is 8.27. The Morgan fingerprint density at radius 3 is 2.62 bits per heavy atom. The number of nitrogens with one attached hydrogen (secondary N) is 1. The van der Waals surface area contributed by atoms with E-state index in [0.29, 0.717) is 28.6 Å². The first-order valence-electron chi connectivity index (χ1n) is 9.93. The monoisotopic (exact) mass is 443 g/mol. The number of aromatic amines is 1. The Kier molecular flexibility index (Phi) is 5.16. The van der Waals surface area contributed by atoms with Gasteiger partial charge >= 0.3 is 0 Å².